The fourth-order valence-corrected chi connectivity index (χ4v) is 2.71. The second-order valence-corrected chi connectivity index (χ2v) is 6.08. The summed E-state index contributed by atoms with van der Waals surface area (Å²) in [5.74, 6) is -2.75. The number of aryl methyl sites for hydroxylation is 1. The van der Waals surface area contributed by atoms with Gasteiger partial charge in [-0.1, -0.05) is 24.3 Å². The summed E-state index contributed by atoms with van der Waals surface area (Å²) in [6, 6.07) is 10.1. The van der Waals surface area contributed by atoms with Crippen LogP contribution in [0.25, 0.3) is 11.5 Å². The van der Waals surface area contributed by atoms with Crippen LogP contribution in [-0.2, 0) is 4.79 Å². The first kappa shape index (κ1) is 19.2. The van der Waals surface area contributed by atoms with E-state index in [4.69, 9.17) is 9.52 Å². The highest BCUT2D eigenvalue weighted by Gasteiger charge is 2.24. The zero-order valence-corrected chi connectivity index (χ0v) is 14.8. The highest BCUT2D eigenvalue weighted by Crippen LogP contribution is 2.25. The molecule has 0 saturated carbocycles. The van der Waals surface area contributed by atoms with Crippen LogP contribution >= 0.6 is 0 Å². The van der Waals surface area contributed by atoms with Crippen molar-refractivity contribution in [3.8, 4) is 11.5 Å². The Morgan fingerprint density at radius 3 is 2.46 bits per heavy atom. The van der Waals surface area contributed by atoms with Crippen LogP contribution < -0.4 is 5.32 Å². The molecule has 2 N–H and O–H groups in total. The zero-order valence-electron chi connectivity index (χ0n) is 14.8. The molecule has 0 aliphatic heterocycles. The second kappa shape index (κ2) is 7.99. The van der Waals surface area contributed by atoms with E-state index < -0.39 is 36.0 Å². The number of benzene rings is 2. The molecule has 28 heavy (non-hydrogen) atoms. The zero-order chi connectivity index (χ0) is 20.3. The molecule has 0 saturated heterocycles. The van der Waals surface area contributed by atoms with Gasteiger partial charge in [0, 0.05) is 0 Å². The van der Waals surface area contributed by atoms with Gasteiger partial charge in [-0.2, -0.15) is 0 Å². The predicted molar refractivity (Wildman–Crippen MR) is 95.5 cm³/mol. The highest BCUT2D eigenvalue weighted by atomic mass is 19.1. The topological polar surface area (TPSA) is 92.4 Å². The molecule has 8 heteroatoms. The van der Waals surface area contributed by atoms with Gasteiger partial charge in [0.15, 0.2) is 5.69 Å². The molecule has 144 valence electrons. The van der Waals surface area contributed by atoms with Crippen molar-refractivity contribution >= 4 is 11.9 Å². The molecule has 0 bridgehead atoms. The summed E-state index contributed by atoms with van der Waals surface area (Å²) in [5.41, 5.74) is 0.439. The van der Waals surface area contributed by atoms with Crippen LogP contribution in [0.4, 0.5) is 8.78 Å². The van der Waals surface area contributed by atoms with E-state index in [1.807, 2.05) is 0 Å². The third kappa shape index (κ3) is 4.22. The third-order valence-electron chi connectivity index (χ3n) is 4.07. The maximum absolute atomic E-state index is 13.9. The van der Waals surface area contributed by atoms with Crippen molar-refractivity contribution in [2.45, 2.75) is 19.4 Å². The summed E-state index contributed by atoms with van der Waals surface area (Å²) in [5, 5.41) is 11.7. The average molecular weight is 386 g/mol. The van der Waals surface area contributed by atoms with Gasteiger partial charge in [0.25, 0.3) is 5.91 Å². The quantitative estimate of drug-likeness (QED) is 0.671. The Kier molecular flexibility index (Phi) is 5.49. The summed E-state index contributed by atoms with van der Waals surface area (Å²) in [4.78, 5) is 27.8. The van der Waals surface area contributed by atoms with Gasteiger partial charge in [-0.15, -0.1) is 0 Å². The fourth-order valence-electron chi connectivity index (χ4n) is 2.71. The Balaban J connectivity index is 1.87. The number of carboxylic acids is 1. The number of amides is 1. The molecule has 0 unspecified atom stereocenters. The highest BCUT2D eigenvalue weighted by molar-refractivity contribution is 5.94. The number of nitrogens with one attached hydrogen (secondary N) is 1. The monoisotopic (exact) mass is 386 g/mol. The van der Waals surface area contributed by atoms with Crippen LogP contribution in [0.15, 0.2) is 52.9 Å². The molecule has 6 nitrogen and oxygen atoms in total. The summed E-state index contributed by atoms with van der Waals surface area (Å²) in [6.45, 7) is 1.50. The van der Waals surface area contributed by atoms with Gasteiger partial charge < -0.3 is 14.8 Å². The van der Waals surface area contributed by atoms with Gasteiger partial charge in [0.2, 0.25) is 5.89 Å². The Hall–Kier alpha value is -3.55. The van der Waals surface area contributed by atoms with Crippen LogP contribution in [0.5, 0.6) is 0 Å². The van der Waals surface area contributed by atoms with Crippen LogP contribution in [0.3, 0.4) is 0 Å². The van der Waals surface area contributed by atoms with Gasteiger partial charge in [-0.25, -0.2) is 13.8 Å². The number of aromatic nitrogens is 1. The van der Waals surface area contributed by atoms with Gasteiger partial charge in [0.1, 0.15) is 17.4 Å². The Morgan fingerprint density at radius 1 is 1.14 bits per heavy atom. The van der Waals surface area contributed by atoms with E-state index in [9.17, 15) is 18.4 Å². The largest absolute Gasteiger partial charge is 0.481 e. The van der Waals surface area contributed by atoms with E-state index in [0.717, 1.165) is 0 Å². The lowest BCUT2D eigenvalue weighted by Gasteiger charge is -2.17. The normalized spacial score (nSPS) is 11.8. The number of hydrogen-bond donors (Lipinski definition) is 2. The molecule has 1 aromatic heterocycles. The molecule has 1 amide bonds. The Bertz CT molecular complexity index is 1020. The van der Waals surface area contributed by atoms with Crippen molar-refractivity contribution in [1.82, 2.24) is 10.3 Å². The predicted octanol–water partition coefficient (Wildman–Crippen LogP) is 3.87. The summed E-state index contributed by atoms with van der Waals surface area (Å²) in [7, 11) is 0. The number of hydrogen-bond acceptors (Lipinski definition) is 4. The number of oxazole rings is 1. The fraction of sp³-hybridized carbons (Fsp3) is 0.150. The van der Waals surface area contributed by atoms with E-state index in [2.05, 4.69) is 10.3 Å². The van der Waals surface area contributed by atoms with Crippen molar-refractivity contribution < 1.29 is 27.9 Å². The third-order valence-corrected chi connectivity index (χ3v) is 4.07. The number of carbonyl (C=O) groups is 2. The summed E-state index contributed by atoms with van der Waals surface area (Å²) < 4.78 is 32.5. The number of carbonyl (C=O) groups excluding carboxylic acids is 1. The van der Waals surface area contributed by atoms with Crippen molar-refractivity contribution in [3.05, 3.63) is 77.2 Å². The molecule has 1 heterocycles. The minimum atomic E-state index is -1.14. The first-order chi connectivity index (χ1) is 13.3. The molecular formula is C20H16F2N2O4. The standard InChI is InChI=1S/C20H16F2N2O4/c1-11-18(24-20(28-11)14-4-2-3-5-15(14)22)19(27)23-16(10-17(25)26)12-6-8-13(21)9-7-12/h2-9,16H,10H2,1H3,(H,23,27)(H,25,26)/t16-/m0/s1. The van der Waals surface area contributed by atoms with Crippen LogP contribution in [0, 0.1) is 18.6 Å². The number of rotatable bonds is 6. The Labute approximate surface area is 158 Å². The van der Waals surface area contributed by atoms with E-state index in [1.54, 1.807) is 6.07 Å². The van der Waals surface area contributed by atoms with Gasteiger partial charge in [-0.05, 0) is 36.8 Å². The molecule has 0 spiro atoms. The summed E-state index contributed by atoms with van der Waals surface area (Å²) in [6.07, 6.45) is -0.408. The van der Waals surface area contributed by atoms with Gasteiger partial charge >= 0.3 is 5.97 Å². The van der Waals surface area contributed by atoms with E-state index in [0.29, 0.717) is 5.56 Å². The Morgan fingerprint density at radius 2 is 1.82 bits per heavy atom. The number of halogens is 2. The molecule has 0 aliphatic carbocycles. The lowest BCUT2D eigenvalue weighted by atomic mass is 10.0. The first-order valence-electron chi connectivity index (χ1n) is 8.35. The smallest absolute Gasteiger partial charge is 0.305 e. The molecule has 0 aliphatic rings. The van der Waals surface area contributed by atoms with E-state index in [1.165, 1.54) is 49.4 Å². The lowest BCUT2D eigenvalue weighted by Crippen LogP contribution is -2.30. The van der Waals surface area contributed by atoms with Gasteiger partial charge in [-0.3, -0.25) is 9.59 Å². The van der Waals surface area contributed by atoms with Crippen LogP contribution in [-0.4, -0.2) is 22.0 Å². The molecule has 2 aromatic carbocycles. The van der Waals surface area contributed by atoms with E-state index in [-0.39, 0.29) is 22.9 Å². The molecule has 0 radical (unpaired) electrons. The average Bonchev–Trinajstić information content (AvgIpc) is 3.03. The van der Waals surface area contributed by atoms with Crippen molar-refractivity contribution in [1.29, 1.82) is 0 Å². The second-order valence-electron chi connectivity index (χ2n) is 6.08. The van der Waals surface area contributed by atoms with Gasteiger partial charge in [0.05, 0.1) is 18.0 Å². The lowest BCUT2D eigenvalue weighted by molar-refractivity contribution is -0.137. The number of carboxylic acid groups (broad SMARTS) is 1. The maximum Gasteiger partial charge on any atom is 0.305 e. The van der Waals surface area contributed by atoms with Crippen molar-refractivity contribution in [2.24, 2.45) is 0 Å². The number of nitrogens with zero attached hydrogens (tertiary/aromatic N) is 1. The first-order valence-corrected chi connectivity index (χ1v) is 8.35. The van der Waals surface area contributed by atoms with Crippen molar-refractivity contribution in [3.63, 3.8) is 0 Å². The molecule has 1 atom stereocenters. The van der Waals surface area contributed by atoms with Crippen LogP contribution in [0.1, 0.15) is 34.3 Å². The molecule has 3 aromatic rings. The maximum atomic E-state index is 13.9. The minimum Gasteiger partial charge on any atom is -0.481 e. The SMILES string of the molecule is Cc1oc(-c2ccccc2F)nc1C(=O)N[C@@H](CC(=O)O)c1ccc(F)cc1. The van der Waals surface area contributed by atoms with E-state index >= 15 is 0 Å². The molecular weight excluding hydrogens is 370 g/mol. The summed E-state index contributed by atoms with van der Waals surface area (Å²) >= 11 is 0. The molecule has 3 rings (SSSR count). The molecule has 0 fully saturated rings. The van der Waals surface area contributed by atoms with Crippen molar-refractivity contribution in [2.75, 3.05) is 0 Å². The minimum absolute atomic E-state index is 0.0580. The van der Waals surface area contributed by atoms with Crippen LogP contribution in [0.2, 0.25) is 0 Å². The number of aliphatic carboxylic acids is 1.